The van der Waals surface area contributed by atoms with Crippen molar-refractivity contribution in [2.75, 3.05) is 5.32 Å². The van der Waals surface area contributed by atoms with Gasteiger partial charge in [0, 0.05) is 41.8 Å². The molecule has 5 rings (SSSR count). The smallest absolute Gasteiger partial charge is 0.255 e. The number of aryl methyl sites for hydroxylation is 2. The van der Waals surface area contributed by atoms with Crippen molar-refractivity contribution < 1.29 is 4.79 Å². The van der Waals surface area contributed by atoms with Crippen molar-refractivity contribution in [2.24, 2.45) is 7.05 Å². The molecule has 31 heavy (non-hydrogen) atoms. The minimum absolute atomic E-state index is 0.156. The van der Waals surface area contributed by atoms with E-state index in [0.29, 0.717) is 16.9 Å². The molecule has 0 radical (unpaired) electrons. The fourth-order valence-corrected chi connectivity index (χ4v) is 3.49. The van der Waals surface area contributed by atoms with Crippen molar-refractivity contribution in [1.29, 1.82) is 0 Å². The fourth-order valence-electron chi connectivity index (χ4n) is 3.49. The third kappa shape index (κ3) is 3.53. The first-order valence-electron chi connectivity index (χ1n) is 9.86. The highest BCUT2D eigenvalue weighted by atomic mass is 16.1. The Labute approximate surface area is 179 Å². The van der Waals surface area contributed by atoms with E-state index in [4.69, 9.17) is 0 Å². The number of anilines is 1. The standard InChI is InChI=1S/C25H19N5O/c1-17-5-9-21(28-25(31)20-7-6-18-11-13-29(2)23(18)15-20)14-19(17)8-10-22-16-26-24-4-3-12-27-30(22)24/h3-7,9,11-16H,1-2H3,(H,28,31). The van der Waals surface area contributed by atoms with Gasteiger partial charge in [0.05, 0.1) is 6.20 Å². The van der Waals surface area contributed by atoms with E-state index in [-0.39, 0.29) is 5.91 Å². The van der Waals surface area contributed by atoms with E-state index in [1.54, 1.807) is 16.9 Å². The monoisotopic (exact) mass is 405 g/mol. The number of amides is 1. The first-order valence-corrected chi connectivity index (χ1v) is 9.86. The molecule has 150 valence electrons. The number of hydrogen-bond acceptors (Lipinski definition) is 3. The second kappa shape index (κ2) is 7.47. The van der Waals surface area contributed by atoms with Gasteiger partial charge in [0.2, 0.25) is 0 Å². The predicted octanol–water partition coefficient (Wildman–Crippen LogP) is 4.18. The molecule has 1 N–H and O–H groups in total. The van der Waals surface area contributed by atoms with E-state index in [9.17, 15) is 4.79 Å². The van der Waals surface area contributed by atoms with E-state index < -0.39 is 0 Å². The van der Waals surface area contributed by atoms with Gasteiger partial charge < -0.3 is 9.88 Å². The first kappa shape index (κ1) is 18.6. The summed E-state index contributed by atoms with van der Waals surface area (Å²) in [5.41, 5.74) is 5.64. The topological polar surface area (TPSA) is 64.2 Å². The normalized spacial score (nSPS) is 10.8. The van der Waals surface area contributed by atoms with Crippen LogP contribution in [-0.2, 0) is 7.05 Å². The third-order valence-corrected chi connectivity index (χ3v) is 5.25. The Morgan fingerprint density at radius 3 is 2.87 bits per heavy atom. The molecule has 5 aromatic rings. The maximum atomic E-state index is 12.8. The van der Waals surface area contributed by atoms with Crippen LogP contribution in [0.4, 0.5) is 5.69 Å². The molecular formula is C25H19N5O. The van der Waals surface area contributed by atoms with Crippen molar-refractivity contribution in [1.82, 2.24) is 19.2 Å². The maximum absolute atomic E-state index is 12.8. The summed E-state index contributed by atoms with van der Waals surface area (Å²) >= 11 is 0. The Bertz CT molecular complexity index is 1510. The van der Waals surface area contributed by atoms with Crippen molar-refractivity contribution in [3.8, 4) is 11.8 Å². The molecule has 0 atom stereocenters. The maximum Gasteiger partial charge on any atom is 0.255 e. The van der Waals surface area contributed by atoms with E-state index in [0.717, 1.165) is 27.7 Å². The zero-order valence-corrected chi connectivity index (χ0v) is 17.1. The van der Waals surface area contributed by atoms with Crippen LogP contribution >= 0.6 is 0 Å². The molecule has 0 aliphatic heterocycles. The highest BCUT2D eigenvalue weighted by Crippen LogP contribution is 2.19. The van der Waals surface area contributed by atoms with E-state index in [1.807, 2.05) is 79.3 Å². The molecular weight excluding hydrogens is 386 g/mol. The molecule has 0 saturated carbocycles. The number of nitrogens with zero attached hydrogens (tertiary/aromatic N) is 4. The van der Waals surface area contributed by atoms with Crippen LogP contribution in [0.2, 0.25) is 0 Å². The Morgan fingerprint density at radius 1 is 1.06 bits per heavy atom. The Hall–Kier alpha value is -4.37. The van der Waals surface area contributed by atoms with Gasteiger partial charge in [-0.25, -0.2) is 9.50 Å². The molecule has 6 nitrogen and oxygen atoms in total. The third-order valence-electron chi connectivity index (χ3n) is 5.25. The molecule has 0 bridgehead atoms. The van der Waals surface area contributed by atoms with Crippen LogP contribution in [0.15, 0.2) is 73.2 Å². The van der Waals surface area contributed by atoms with Crippen molar-refractivity contribution in [3.63, 3.8) is 0 Å². The van der Waals surface area contributed by atoms with Crippen LogP contribution in [-0.4, -0.2) is 25.1 Å². The van der Waals surface area contributed by atoms with Gasteiger partial charge in [-0.2, -0.15) is 5.10 Å². The molecule has 0 spiro atoms. The van der Waals surface area contributed by atoms with Gasteiger partial charge in [-0.05, 0) is 66.3 Å². The highest BCUT2D eigenvalue weighted by Gasteiger charge is 2.09. The summed E-state index contributed by atoms with van der Waals surface area (Å²) in [6, 6.07) is 17.2. The summed E-state index contributed by atoms with van der Waals surface area (Å²) in [6.45, 7) is 1.99. The quantitative estimate of drug-likeness (QED) is 0.448. The number of carbonyl (C=O) groups is 1. The minimum atomic E-state index is -0.156. The second-order valence-corrected chi connectivity index (χ2v) is 7.37. The van der Waals surface area contributed by atoms with Gasteiger partial charge in [0.25, 0.3) is 5.91 Å². The molecule has 0 fully saturated rings. The van der Waals surface area contributed by atoms with Crippen LogP contribution in [0.5, 0.6) is 0 Å². The largest absolute Gasteiger partial charge is 0.351 e. The minimum Gasteiger partial charge on any atom is -0.351 e. The molecule has 3 aromatic heterocycles. The lowest BCUT2D eigenvalue weighted by atomic mass is 10.1. The fraction of sp³-hybridized carbons (Fsp3) is 0.0800. The lowest BCUT2D eigenvalue weighted by Crippen LogP contribution is -2.12. The van der Waals surface area contributed by atoms with Gasteiger partial charge in [-0.1, -0.05) is 18.1 Å². The lowest BCUT2D eigenvalue weighted by molar-refractivity contribution is 0.102. The summed E-state index contributed by atoms with van der Waals surface area (Å²) < 4.78 is 3.70. The van der Waals surface area contributed by atoms with Crippen molar-refractivity contribution >= 4 is 28.1 Å². The van der Waals surface area contributed by atoms with Gasteiger partial charge in [-0.15, -0.1) is 0 Å². The molecule has 0 saturated heterocycles. The van der Waals surface area contributed by atoms with Crippen molar-refractivity contribution in [2.45, 2.75) is 6.92 Å². The number of fused-ring (bicyclic) bond motifs is 2. The van der Waals surface area contributed by atoms with E-state index >= 15 is 0 Å². The molecule has 1 amide bonds. The lowest BCUT2D eigenvalue weighted by Gasteiger charge is -2.08. The molecule has 0 aliphatic rings. The average Bonchev–Trinajstić information content (AvgIpc) is 3.37. The predicted molar refractivity (Wildman–Crippen MR) is 121 cm³/mol. The Morgan fingerprint density at radius 2 is 1.97 bits per heavy atom. The van der Waals surface area contributed by atoms with Crippen LogP contribution in [0.25, 0.3) is 16.6 Å². The zero-order valence-electron chi connectivity index (χ0n) is 17.1. The van der Waals surface area contributed by atoms with Gasteiger partial charge in [0.15, 0.2) is 5.65 Å². The van der Waals surface area contributed by atoms with Gasteiger partial charge >= 0.3 is 0 Å². The average molecular weight is 405 g/mol. The van der Waals surface area contributed by atoms with Crippen LogP contribution in [0, 0.1) is 18.8 Å². The summed E-state index contributed by atoms with van der Waals surface area (Å²) in [4.78, 5) is 17.1. The Kier molecular flexibility index (Phi) is 4.49. The Balaban J connectivity index is 1.42. The summed E-state index contributed by atoms with van der Waals surface area (Å²) in [7, 11) is 1.97. The number of rotatable bonds is 2. The summed E-state index contributed by atoms with van der Waals surface area (Å²) in [6.07, 6.45) is 5.39. The number of aromatic nitrogens is 4. The first-order chi connectivity index (χ1) is 15.1. The molecule has 0 unspecified atom stereocenters. The van der Waals surface area contributed by atoms with Crippen LogP contribution < -0.4 is 5.32 Å². The summed E-state index contributed by atoms with van der Waals surface area (Å²) in [5, 5.41) is 8.37. The van der Waals surface area contributed by atoms with Gasteiger partial charge in [0.1, 0.15) is 5.69 Å². The number of imidazole rings is 1. The molecule has 0 aliphatic carbocycles. The molecule has 6 heteroatoms. The number of nitrogens with one attached hydrogen (secondary N) is 1. The summed E-state index contributed by atoms with van der Waals surface area (Å²) in [5.74, 6) is 6.16. The molecule has 3 heterocycles. The van der Waals surface area contributed by atoms with Crippen LogP contribution in [0.3, 0.4) is 0 Å². The van der Waals surface area contributed by atoms with Crippen LogP contribution in [0.1, 0.15) is 27.2 Å². The second-order valence-electron chi connectivity index (χ2n) is 7.37. The van der Waals surface area contributed by atoms with E-state index in [2.05, 4.69) is 27.2 Å². The van der Waals surface area contributed by atoms with E-state index in [1.165, 1.54) is 0 Å². The number of hydrogen-bond donors (Lipinski definition) is 1. The zero-order chi connectivity index (χ0) is 21.4. The van der Waals surface area contributed by atoms with Gasteiger partial charge in [-0.3, -0.25) is 4.79 Å². The highest BCUT2D eigenvalue weighted by molar-refractivity contribution is 6.06. The van der Waals surface area contributed by atoms with Crippen molar-refractivity contribution in [3.05, 3.63) is 95.6 Å². The number of carbonyl (C=O) groups excluding carboxylic acids is 1. The molecule has 2 aromatic carbocycles. The SMILES string of the molecule is Cc1ccc(NC(=O)c2ccc3ccn(C)c3c2)cc1C#Cc1cnc2cccnn12. The number of benzene rings is 2.